The highest BCUT2D eigenvalue weighted by Gasteiger charge is 2.24. The molecule has 0 atom stereocenters. The zero-order valence-corrected chi connectivity index (χ0v) is 10.4. The van der Waals surface area contributed by atoms with Crippen LogP contribution in [0.15, 0.2) is 16.6 Å². The normalized spacial score (nSPS) is 15.6. The quantitative estimate of drug-likeness (QED) is 0.666. The van der Waals surface area contributed by atoms with Crippen molar-refractivity contribution in [3.8, 4) is 0 Å². The largest absolute Gasteiger partial charge is 0.454 e. The van der Waals surface area contributed by atoms with Crippen LogP contribution in [0.2, 0.25) is 0 Å². The SMILES string of the molecule is Cc1c(N)cc(Br)cc1C(=O)OC1COC1. The van der Waals surface area contributed by atoms with Gasteiger partial charge in [0.05, 0.1) is 18.8 Å². The summed E-state index contributed by atoms with van der Waals surface area (Å²) < 4.78 is 10.9. The van der Waals surface area contributed by atoms with Crippen LogP contribution in [0.4, 0.5) is 5.69 Å². The molecular formula is C11H12BrNO3. The van der Waals surface area contributed by atoms with Gasteiger partial charge in [-0.2, -0.15) is 0 Å². The monoisotopic (exact) mass is 285 g/mol. The fourth-order valence-electron chi connectivity index (χ4n) is 1.41. The smallest absolute Gasteiger partial charge is 0.338 e. The second-order valence-corrected chi connectivity index (χ2v) is 4.65. The van der Waals surface area contributed by atoms with E-state index in [4.69, 9.17) is 15.2 Å². The summed E-state index contributed by atoms with van der Waals surface area (Å²) in [5.74, 6) is -0.348. The van der Waals surface area contributed by atoms with Crippen molar-refractivity contribution in [2.24, 2.45) is 0 Å². The molecule has 5 heteroatoms. The van der Waals surface area contributed by atoms with Gasteiger partial charge in [0.2, 0.25) is 0 Å². The number of anilines is 1. The van der Waals surface area contributed by atoms with Gasteiger partial charge in [-0.3, -0.25) is 0 Å². The second-order valence-electron chi connectivity index (χ2n) is 3.73. The Morgan fingerprint density at radius 3 is 2.81 bits per heavy atom. The first-order chi connectivity index (χ1) is 7.58. The molecule has 1 aromatic rings. The highest BCUT2D eigenvalue weighted by molar-refractivity contribution is 9.10. The van der Waals surface area contributed by atoms with Crippen LogP contribution in [-0.4, -0.2) is 25.3 Å². The Morgan fingerprint density at radius 2 is 2.25 bits per heavy atom. The van der Waals surface area contributed by atoms with Gasteiger partial charge in [0, 0.05) is 10.2 Å². The van der Waals surface area contributed by atoms with Crippen molar-refractivity contribution in [1.82, 2.24) is 0 Å². The van der Waals surface area contributed by atoms with Gasteiger partial charge < -0.3 is 15.2 Å². The minimum atomic E-state index is -0.348. The Kier molecular flexibility index (Phi) is 3.16. The van der Waals surface area contributed by atoms with Gasteiger partial charge in [0.25, 0.3) is 0 Å². The molecule has 1 aliphatic rings. The minimum Gasteiger partial charge on any atom is -0.454 e. The van der Waals surface area contributed by atoms with Gasteiger partial charge in [0.1, 0.15) is 6.10 Å². The van der Waals surface area contributed by atoms with Gasteiger partial charge >= 0.3 is 5.97 Å². The summed E-state index contributed by atoms with van der Waals surface area (Å²) in [5, 5.41) is 0. The molecule has 0 aromatic heterocycles. The summed E-state index contributed by atoms with van der Waals surface area (Å²) >= 11 is 3.30. The predicted molar refractivity (Wildman–Crippen MR) is 63.3 cm³/mol. The molecule has 1 fully saturated rings. The Balaban J connectivity index is 2.21. The van der Waals surface area contributed by atoms with Crippen molar-refractivity contribution in [2.75, 3.05) is 18.9 Å². The summed E-state index contributed by atoms with van der Waals surface area (Å²) in [6.45, 7) is 2.76. The Morgan fingerprint density at radius 1 is 1.56 bits per heavy atom. The van der Waals surface area contributed by atoms with Crippen LogP contribution < -0.4 is 5.73 Å². The van der Waals surface area contributed by atoms with E-state index in [0.717, 1.165) is 10.0 Å². The molecule has 2 N–H and O–H groups in total. The molecule has 0 bridgehead atoms. The first-order valence-electron chi connectivity index (χ1n) is 4.92. The van der Waals surface area contributed by atoms with E-state index in [-0.39, 0.29) is 12.1 Å². The molecule has 0 unspecified atom stereocenters. The zero-order valence-electron chi connectivity index (χ0n) is 8.83. The number of nitrogen functional groups attached to an aromatic ring is 1. The van der Waals surface area contributed by atoms with E-state index in [1.165, 1.54) is 0 Å². The maximum Gasteiger partial charge on any atom is 0.338 e. The zero-order chi connectivity index (χ0) is 11.7. The van der Waals surface area contributed by atoms with Crippen molar-refractivity contribution in [2.45, 2.75) is 13.0 Å². The lowest BCUT2D eigenvalue weighted by molar-refractivity contribution is -0.103. The Hall–Kier alpha value is -1.07. The van der Waals surface area contributed by atoms with Crippen LogP contribution in [0, 0.1) is 6.92 Å². The maximum atomic E-state index is 11.8. The molecule has 0 aliphatic carbocycles. The average Bonchev–Trinajstić information content (AvgIpc) is 2.17. The van der Waals surface area contributed by atoms with Crippen LogP contribution in [0.1, 0.15) is 15.9 Å². The molecular weight excluding hydrogens is 274 g/mol. The molecule has 4 nitrogen and oxygen atoms in total. The van der Waals surface area contributed by atoms with Gasteiger partial charge in [0.15, 0.2) is 0 Å². The lowest BCUT2D eigenvalue weighted by Crippen LogP contribution is -2.37. The van der Waals surface area contributed by atoms with Crippen molar-refractivity contribution in [3.63, 3.8) is 0 Å². The summed E-state index contributed by atoms with van der Waals surface area (Å²) in [7, 11) is 0. The lowest BCUT2D eigenvalue weighted by Gasteiger charge is -2.26. The average molecular weight is 286 g/mol. The van der Waals surface area contributed by atoms with Gasteiger partial charge in [-0.15, -0.1) is 0 Å². The molecule has 2 rings (SSSR count). The molecule has 0 radical (unpaired) electrons. The van der Waals surface area contributed by atoms with Gasteiger partial charge in [-0.1, -0.05) is 15.9 Å². The van der Waals surface area contributed by atoms with E-state index < -0.39 is 0 Å². The standard InChI is InChI=1S/C11H12BrNO3/c1-6-9(2-7(12)3-10(6)13)11(14)16-8-4-15-5-8/h2-3,8H,4-5,13H2,1H3. The first kappa shape index (κ1) is 11.4. The molecule has 1 aliphatic heterocycles. The van der Waals surface area contributed by atoms with E-state index in [1.807, 2.05) is 0 Å². The topological polar surface area (TPSA) is 61.6 Å². The van der Waals surface area contributed by atoms with Crippen LogP contribution in [0.3, 0.4) is 0 Å². The van der Waals surface area contributed by atoms with E-state index >= 15 is 0 Å². The minimum absolute atomic E-state index is 0.118. The van der Waals surface area contributed by atoms with E-state index in [1.54, 1.807) is 19.1 Å². The van der Waals surface area contributed by atoms with Crippen molar-refractivity contribution in [1.29, 1.82) is 0 Å². The van der Waals surface area contributed by atoms with E-state index in [0.29, 0.717) is 24.5 Å². The van der Waals surface area contributed by atoms with Crippen LogP contribution >= 0.6 is 15.9 Å². The van der Waals surface area contributed by atoms with Gasteiger partial charge in [-0.05, 0) is 24.6 Å². The predicted octanol–water partition coefficient (Wildman–Crippen LogP) is 1.90. The molecule has 0 amide bonds. The van der Waals surface area contributed by atoms with Crippen LogP contribution in [0.25, 0.3) is 0 Å². The maximum absolute atomic E-state index is 11.8. The van der Waals surface area contributed by atoms with E-state index in [2.05, 4.69) is 15.9 Å². The fourth-order valence-corrected chi connectivity index (χ4v) is 1.88. The molecule has 1 heterocycles. The van der Waals surface area contributed by atoms with Gasteiger partial charge in [-0.25, -0.2) is 4.79 Å². The number of nitrogens with two attached hydrogens (primary N) is 1. The molecule has 1 saturated heterocycles. The summed E-state index contributed by atoms with van der Waals surface area (Å²) in [5.41, 5.74) is 7.59. The number of ether oxygens (including phenoxy) is 2. The Bertz CT molecular complexity index is 429. The third-order valence-electron chi connectivity index (χ3n) is 2.51. The second kappa shape index (κ2) is 4.43. The van der Waals surface area contributed by atoms with Crippen molar-refractivity contribution >= 4 is 27.6 Å². The van der Waals surface area contributed by atoms with Crippen LogP contribution in [-0.2, 0) is 9.47 Å². The number of hydrogen-bond acceptors (Lipinski definition) is 4. The van der Waals surface area contributed by atoms with E-state index in [9.17, 15) is 4.79 Å². The molecule has 1 aromatic carbocycles. The molecule has 86 valence electrons. The number of rotatable bonds is 2. The molecule has 0 spiro atoms. The summed E-state index contributed by atoms with van der Waals surface area (Å²) in [4.78, 5) is 11.8. The third kappa shape index (κ3) is 2.20. The summed E-state index contributed by atoms with van der Waals surface area (Å²) in [6, 6.07) is 3.48. The highest BCUT2D eigenvalue weighted by Crippen LogP contribution is 2.24. The fraction of sp³-hybridized carbons (Fsp3) is 0.364. The number of benzene rings is 1. The first-order valence-corrected chi connectivity index (χ1v) is 5.71. The molecule has 0 saturated carbocycles. The number of hydrogen-bond donors (Lipinski definition) is 1. The highest BCUT2D eigenvalue weighted by atomic mass is 79.9. The number of esters is 1. The third-order valence-corrected chi connectivity index (χ3v) is 2.97. The summed E-state index contributed by atoms with van der Waals surface area (Å²) in [6.07, 6.45) is -0.118. The van der Waals surface area contributed by atoms with Crippen molar-refractivity contribution < 1.29 is 14.3 Å². The lowest BCUT2D eigenvalue weighted by atomic mass is 10.1. The Labute approximate surface area is 102 Å². The number of halogens is 1. The van der Waals surface area contributed by atoms with Crippen molar-refractivity contribution in [3.05, 3.63) is 27.7 Å². The van der Waals surface area contributed by atoms with Crippen LogP contribution in [0.5, 0.6) is 0 Å². The number of carbonyl (C=O) groups is 1. The number of carbonyl (C=O) groups excluding carboxylic acids is 1. The molecule has 16 heavy (non-hydrogen) atoms.